The van der Waals surface area contributed by atoms with E-state index in [0.29, 0.717) is 5.75 Å². The molecule has 60 valence electrons. The quantitative estimate of drug-likeness (QED) is 0.518. The molecule has 0 bridgehead atoms. The van der Waals surface area contributed by atoms with Gasteiger partial charge in [0, 0.05) is 0 Å². The SMILES string of the molecule is CCSC(Cl)(Cl)C(=O)OC. The Kier molecular flexibility index (Phi) is 4.49. The summed E-state index contributed by atoms with van der Waals surface area (Å²) in [4.78, 5) is 10.7. The van der Waals surface area contributed by atoms with Crippen LogP contribution in [0.4, 0.5) is 0 Å². The van der Waals surface area contributed by atoms with Crippen LogP contribution in [0.3, 0.4) is 0 Å². The van der Waals surface area contributed by atoms with Gasteiger partial charge in [-0.25, -0.2) is 4.79 Å². The number of rotatable bonds is 3. The molecule has 0 fully saturated rings. The Morgan fingerprint density at radius 1 is 1.70 bits per heavy atom. The Bertz CT molecular complexity index is 127. The molecule has 0 N–H and O–H groups in total. The van der Waals surface area contributed by atoms with E-state index in [9.17, 15) is 4.79 Å². The third-order valence-electron chi connectivity index (χ3n) is 0.749. The number of alkyl halides is 2. The first-order valence-electron chi connectivity index (χ1n) is 2.64. The first-order chi connectivity index (χ1) is 4.54. The predicted octanol–water partition coefficient (Wildman–Crippen LogP) is 2.04. The molecule has 0 amide bonds. The molecule has 0 aliphatic carbocycles. The molecule has 2 nitrogen and oxygen atoms in total. The number of ether oxygens (including phenoxy) is 1. The van der Waals surface area contributed by atoms with Crippen molar-refractivity contribution in [1.82, 2.24) is 0 Å². The van der Waals surface area contributed by atoms with E-state index in [2.05, 4.69) is 4.74 Å². The second-order valence-corrected chi connectivity index (χ2v) is 4.70. The number of thioether (sulfide) groups is 1. The van der Waals surface area contributed by atoms with Gasteiger partial charge in [0.2, 0.25) is 0 Å². The van der Waals surface area contributed by atoms with E-state index in [1.165, 1.54) is 7.11 Å². The standard InChI is InChI=1S/C5H8Cl2O2S/c1-3-10-5(6,7)4(8)9-2/h3H2,1-2H3. The molecule has 0 unspecified atom stereocenters. The minimum Gasteiger partial charge on any atom is -0.466 e. The maximum Gasteiger partial charge on any atom is 0.353 e. The lowest BCUT2D eigenvalue weighted by molar-refractivity contribution is -0.139. The van der Waals surface area contributed by atoms with Crippen LogP contribution < -0.4 is 0 Å². The van der Waals surface area contributed by atoms with Gasteiger partial charge in [0.1, 0.15) is 0 Å². The van der Waals surface area contributed by atoms with Crippen molar-refractivity contribution in [3.05, 3.63) is 0 Å². The summed E-state index contributed by atoms with van der Waals surface area (Å²) in [5, 5.41) is 0. The van der Waals surface area contributed by atoms with Gasteiger partial charge >= 0.3 is 5.97 Å². The smallest absolute Gasteiger partial charge is 0.353 e. The number of halogens is 2. The van der Waals surface area contributed by atoms with E-state index < -0.39 is 9.63 Å². The van der Waals surface area contributed by atoms with Crippen molar-refractivity contribution >= 4 is 40.9 Å². The third-order valence-corrected chi connectivity index (χ3v) is 2.53. The Labute approximate surface area is 74.2 Å². The van der Waals surface area contributed by atoms with E-state index in [0.717, 1.165) is 11.8 Å². The Morgan fingerprint density at radius 2 is 2.20 bits per heavy atom. The zero-order valence-corrected chi connectivity index (χ0v) is 8.02. The van der Waals surface area contributed by atoms with Crippen molar-refractivity contribution < 1.29 is 9.53 Å². The average molecular weight is 203 g/mol. The lowest BCUT2D eigenvalue weighted by Crippen LogP contribution is -2.23. The molecule has 0 saturated heterocycles. The minimum absolute atomic E-state index is 0.623. The topological polar surface area (TPSA) is 26.3 Å². The van der Waals surface area contributed by atoms with Gasteiger partial charge in [-0.2, -0.15) is 0 Å². The fourth-order valence-corrected chi connectivity index (χ4v) is 1.73. The van der Waals surface area contributed by atoms with Crippen LogP contribution in [0.2, 0.25) is 0 Å². The van der Waals surface area contributed by atoms with Gasteiger partial charge in [0.15, 0.2) is 0 Å². The first-order valence-corrected chi connectivity index (χ1v) is 4.39. The van der Waals surface area contributed by atoms with Gasteiger partial charge in [-0.15, -0.1) is 11.8 Å². The molecule has 0 heterocycles. The number of hydrogen-bond acceptors (Lipinski definition) is 3. The fraction of sp³-hybridized carbons (Fsp3) is 0.800. The summed E-state index contributed by atoms with van der Waals surface area (Å²) >= 11 is 12.2. The number of methoxy groups -OCH3 is 1. The molecule has 0 rings (SSSR count). The van der Waals surface area contributed by atoms with E-state index in [-0.39, 0.29) is 0 Å². The molecule has 0 saturated carbocycles. The van der Waals surface area contributed by atoms with Crippen molar-refractivity contribution in [2.24, 2.45) is 0 Å². The summed E-state index contributed by atoms with van der Waals surface area (Å²) in [7, 11) is 1.25. The second-order valence-electron chi connectivity index (χ2n) is 1.44. The van der Waals surface area contributed by atoms with E-state index >= 15 is 0 Å². The maximum atomic E-state index is 10.7. The highest BCUT2D eigenvalue weighted by molar-refractivity contribution is 8.04. The van der Waals surface area contributed by atoms with E-state index in [4.69, 9.17) is 23.2 Å². The molecule has 0 aromatic heterocycles. The number of carbonyl (C=O) groups excluding carboxylic acids is 1. The van der Waals surface area contributed by atoms with Gasteiger partial charge in [-0.1, -0.05) is 30.1 Å². The lowest BCUT2D eigenvalue weighted by atomic mass is 10.8. The van der Waals surface area contributed by atoms with Crippen LogP contribution in [0.15, 0.2) is 0 Å². The summed E-state index contributed by atoms with van der Waals surface area (Å²) in [6.45, 7) is 1.85. The average Bonchev–Trinajstić information content (AvgIpc) is 1.86. The summed E-state index contributed by atoms with van der Waals surface area (Å²) in [5.74, 6) is 0.0462. The van der Waals surface area contributed by atoms with Crippen molar-refractivity contribution in [1.29, 1.82) is 0 Å². The van der Waals surface area contributed by atoms with Crippen LogP contribution >= 0.6 is 35.0 Å². The molecular formula is C5H8Cl2O2S. The highest BCUT2D eigenvalue weighted by Crippen LogP contribution is 2.35. The predicted molar refractivity (Wildman–Crippen MR) is 44.6 cm³/mol. The summed E-state index contributed by atoms with van der Waals surface area (Å²) < 4.78 is 2.90. The number of esters is 1. The summed E-state index contributed by atoms with van der Waals surface area (Å²) in [6.07, 6.45) is 0. The fourth-order valence-electron chi connectivity index (χ4n) is 0.359. The Morgan fingerprint density at radius 3 is 2.50 bits per heavy atom. The Hall–Kier alpha value is 0.400. The van der Waals surface area contributed by atoms with Crippen molar-refractivity contribution in [3.8, 4) is 0 Å². The van der Waals surface area contributed by atoms with Crippen molar-refractivity contribution in [2.45, 2.75) is 10.6 Å². The zero-order chi connectivity index (χ0) is 8.20. The largest absolute Gasteiger partial charge is 0.466 e. The molecule has 0 radical (unpaired) electrons. The third kappa shape index (κ3) is 2.99. The highest BCUT2D eigenvalue weighted by atomic mass is 35.5. The second kappa shape index (κ2) is 4.31. The van der Waals surface area contributed by atoms with Crippen molar-refractivity contribution in [3.63, 3.8) is 0 Å². The lowest BCUT2D eigenvalue weighted by Gasteiger charge is -2.13. The van der Waals surface area contributed by atoms with E-state index in [1.807, 2.05) is 6.92 Å². The van der Waals surface area contributed by atoms with Crippen molar-refractivity contribution in [2.75, 3.05) is 12.9 Å². The Balaban J connectivity index is 3.96. The van der Waals surface area contributed by atoms with Gasteiger partial charge in [0.05, 0.1) is 7.11 Å². The highest BCUT2D eigenvalue weighted by Gasteiger charge is 2.34. The monoisotopic (exact) mass is 202 g/mol. The van der Waals surface area contributed by atoms with Crippen LogP contribution in [-0.4, -0.2) is 22.5 Å². The van der Waals surface area contributed by atoms with Crippen LogP contribution in [0, 0.1) is 0 Å². The van der Waals surface area contributed by atoms with Crippen LogP contribution in [-0.2, 0) is 9.53 Å². The zero-order valence-electron chi connectivity index (χ0n) is 5.69. The summed E-state index contributed by atoms with van der Waals surface area (Å²) in [6, 6.07) is 0. The van der Waals surface area contributed by atoms with Gasteiger partial charge < -0.3 is 4.74 Å². The van der Waals surface area contributed by atoms with Gasteiger partial charge in [-0.3, -0.25) is 0 Å². The van der Waals surface area contributed by atoms with Crippen LogP contribution in [0.1, 0.15) is 6.92 Å². The number of carbonyl (C=O) groups is 1. The first kappa shape index (κ1) is 10.4. The number of hydrogen-bond donors (Lipinski definition) is 0. The van der Waals surface area contributed by atoms with Gasteiger partial charge in [0.25, 0.3) is 3.67 Å². The maximum absolute atomic E-state index is 10.7. The summed E-state index contributed by atoms with van der Waals surface area (Å²) in [5.41, 5.74) is 0. The molecule has 0 aliphatic heterocycles. The van der Waals surface area contributed by atoms with Crippen LogP contribution in [0.5, 0.6) is 0 Å². The molecule has 0 aliphatic rings. The molecule has 0 atom stereocenters. The molecule has 0 spiro atoms. The van der Waals surface area contributed by atoms with Gasteiger partial charge in [-0.05, 0) is 5.75 Å². The molecule has 10 heavy (non-hydrogen) atoms. The minimum atomic E-state index is -1.44. The van der Waals surface area contributed by atoms with Crippen LogP contribution in [0.25, 0.3) is 0 Å². The molecule has 5 heteroatoms. The van der Waals surface area contributed by atoms with E-state index in [1.54, 1.807) is 0 Å². The molecule has 0 aromatic carbocycles. The normalized spacial score (nSPS) is 11.2. The molecular weight excluding hydrogens is 195 g/mol. The molecule has 0 aromatic rings.